The van der Waals surface area contributed by atoms with Gasteiger partial charge in [0.1, 0.15) is 6.61 Å². The lowest BCUT2D eigenvalue weighted by Crippen LogP contribution is -2.27. The molecule has 1 unspecified atom stereocenters. The smallest absolute Gasteiger partial charge is 0.411 e. The van der Waals surface area contributed by atoms with Crippen molar-refractivity contribution in [2.45, 2.75) is 39.3 Å². The van der Waals surface area contributed by atoms with E-state index in [2.05, 4.69) is 4.74 Å². The highest BCUT2D eigenvalue weighted by Gasteiger charge is 2.31. The maximum Gasteiger partial charge on any atom is 0.411 e. The van der Waals surface area contributed by atoms with Crippen molar-refractivity contribution in [2.24, 2.45) is 5.41 Å². The molecular formula is C10H17F3O3. The average Bonchev–Trinajstić information content (AvgIpc) is 2.14. The van der Waals surface area contributed by atoms with E-state index in [4.69, 9.17) is 5.11 Å². The molecule has 0 spiro atoms. The minimum atomic E-state index is -4.32. The quantitative estimate of drug-likeness (QED) is 0.698. The average molecular weight is 242 g/mol. The maximum absolute atomic E-state index is 11.7. The lowest BCUT2D eigenvalue weighted by Gasteiger charge is -2.22. The van der Waals surface area contributed by atoms with Crippen LogP contribution in [0.4, 0.5) is 13.2 Å². The van der Waals surface area contributed by atoms with Crippen LogP contribution in [0, 0.1) is 5.41 Å². The van der Waals surface area contributed by atoms with Crippen LogP contribution in [0.1, 0.15) is 33.1 Å². The van der Waals surface area contributed by atoms with E-state index in [1.807, 2.05) is 0 Å². The molecular weight excluding hydrogens is 225 g/mol. The summed E-state index contributed by atoms with van der Waals surface area (Å²) in [5.41, 5.74) is -0.873. The summed E-state index contributed by atoms with van der Waals surface area (Å²) in [7, 11) is 0. The van der Waals surface area contributed by atoms with Crippen molar-refractivity contribution >= 4 is 5.97 Å². The Morgan fingerprint density at radius 1 is 1.38 bits per heavy atom. The number of hydrogen-bond acceptors (Lipinski definition) is 2. The van der Waals surface area contributed by atoms with Gasteiger partial charge in [0, 0.05) is 6.61 Å². The van der Waals surface area contributed by atoms with Crippen molar-refractivity contribution in [3.63, 3.8) is 0 Å². The third-order valence-corrected chi connectivity index (χ3v) is 2.58. The molecule has 0 aromatic heterocycles. The Balaban J connectivity index is 3.77. The van der Waals surface area contributed by atoms with Crippen molar-refractivity contribution in [1.82, 2.24) is 0 Å². The van der Waals surface area contributed by atoms with Crippen LogP contribution in [0.3, 0.4) is 0 Å². The number of alkyl halides is 3. The molecule has 0 aliphatic heterocycles. The molecule has 0 aromatic rings. The number of carboxylic acid groups (broad SMARTS) is 1. The van der Waals surface area contributed by atoms with E-state index in [1.54, 1.807) is 13.8 Å². The van der Waals surface area contributed by atoms with Gasteiger partial charge in [-0.2, -0.15) is 13.2 Å². The summed E-state index contributed by atoms with van der Waals surface area (Å²) < 4.78 is 39.5. The van der Waals surface area contributed by atoms with Crippen LogP contribution in [0.2, 0.25) is 0 Å². The van der Waals surface area contributed by atoms with E-state index >= 15 is 0 Å². The number of carbonyl (C=O) groups is 1. The Morgan fingerprint density at radius 2 is 1.94 bits per heavy atom. The Bertz CT molecular complexity index is 228. The largest absolute Gasteiger partial charge is 0.481 e. The third-order valence-electron chi connectivity index (χ3n) is 2.58. The predicted octanol–water partition coefficient (Wildman–Crippen LogP) is 2.85. The Kier molecular flexibility index (Phi) is 5.78. The molecule has 0 rings (SSSR count). The molecule has 3 nitrogen and oxygen atoms in total. The molecule has 0 saturated heterocycles. The van der Waals surface area contributed by atoms with E-state index in [1.165, 1.54) is 0 Å². The second-order valence-electron chi connectivity index (χ2n) is 3.99. The van der Waals surface area contributed by atoms with Gasteiger partial charge in [-0.1, -0.05) is 6.92 Å². The Hall–Kier alpha value is -0.780. The second kappa shape index (κ2) is 6.08. The van der Waals surface area contributed by atoms with Crippen LogP contribution >= 0.6 is 0 Å². The summed E-state index contributed by atoms with van der Waals surface area (Å²) in [5.74, 6) is -0.925. The summed E-state index contributed by atoms with van der Waals surface area (Å²) in [6.45, 7) is 1.98. The van der Waals surface area contributed by atoms with Crippen molar-refractivity contribution in [3.8, 4) is 0 Å². The second-order valence-corrected chi connectivity index (χ2v) is 3.99. The predicted molar refractivity (Wildman–Crippen MR) is 52.1 cm³/mol. The minimum Gasteiger partial charge on any atom is -0.481 e. The summed E-state index contributed by atoms with van der Waals surface area (Å²) in [5, 5.41) is 8.90. The van der Waals surface area contributed by atoms with E-state index in [0.29, 0.717) is 19.3 Å². The van der Waals surface area contributed by atoms with Gasteiger partial charge in [0.05, 0.1) is 5.41 Å². The number of halogens is 3. The zero-order valence-electron chi connectivity index (χ0n) is 9.43. The topological polar surface area (TPSA) is 46.5 Å². The van der Waals surface area contributed by atoms with Gasteiger partial charge >= 0.3 is 12.1 Å². The molecule has 0 heterocycles. The third kappa shape index (κ3) is 5.95. The first-order valence-corrected chi connectivity index (χ1v) is 5.09. The SMILES string of the molecule is CCC(C)(CCCOCC(F)(F)F)C(=O)O. The van der Waals surface area contributed by atoms with Gasteiger partial charge in [-0.15, -0.1) is 0 Å². The van der Waals surface area contributed by atoms with Gasteiger partial charge in [0.15, 0.2) is 0 Å². The highest BCUT2D eigenvalue weighted by Crippen LogP contribution is 2.27. The lowest BCUT2D eigenvalue weighted by molar-refractivity contribution is -0.174. The molecule has 0 fully saturated rings. The lowest BCUT2D eigenvalue weighted by atomic mass is 9.83. The van der Waals surface area contributed by atoms with Crippen LogP contribution in [0.25, 0.3) is 0 Å². The Morgan fingerprint density at radius 3 is 2.31 bits per heavy atom. The van der Waals surface area contributed by atoms with Crippen molar-refractivity contribution in [1.29, 1.82) is 0 Å². The van der Waals surface area contributed by atoms with Crippen LogP contribution in [0.5, 0.6) is 0 Å². The molecule has 0 saturated carbocycles. The molecule has 0 aromatic carbocycles. The van der Waals surface area contributed by atoms with E-state index < -0.39 is 24.2 Å². The number of hydrogen-bond donors (Lipinski definition) is 1. The van der Waals surface area contributed by atoms with Crippen molar-refractivity contribution in [2.75, 3.05) is 13.2 Å². The monoisotopic (exact) mass is 242 g/mol. The molecule has 0 amide bonds. The number of rotatable bonds is 7. The van der Waals surface area contributed by atoms with Crippen molar-refractivity contribution in [3.05, 3.63) is 0 Å². The van der Waals surface area contributed by atoms with Crippen molar-refractivity contribution < 1.29 is 27.8 Å². The molecule has 1 atom stereocenters. The number of ether oxygens (including phenoxy) is 1. The van der Waals surface area contributed by atoms with Gasteiger partial charge in [-0.05, 0) is 26.2 Å². The first-order chi connectivity index (χ1) is 7.21. The van der Waals surface area contributed by atoms with E-state index in [9.17, 15) is 18.0 Å². The normalized spacial score (nSPS) is 15.8. The molecule has 96 valence electrons. The zero-order valence-corrected chi connectivity index (χ0v) is 9.43. The van der Waals surface area contributed by atoms with Gasteiger partial charge in [0.25, 0.3) is 0 Å². The number of carboxylic acids is 1. The van der Waals surface area contributed by atoms with E-state index in [0.717, 1.165) is 0 Å². The summed E-state index contributed by atoms with van der Waals surface area (Å²) in [6, 6.07) is 0. The van der Waals surface area contributed by atoms with Gasteiger partial charge in [0.2, 0.25) is 0 Å². The maximum atomic E-state index is 11.7. The van der Waals surface area contributed by atoms with E-state index in [-0.39, 0.29) is 6.61 Å². The highest BCUT2D eigenvalue weighted by atomic mass is 19.4. The summed E-state index contributed by atoms with van der Waals surface area (Å²) in [6.07, 6.45) is -3.24. The Labute approximate surface area is 92.6 Å². The first kappa shape index (κ1) is 15.2. The molecule has 0 aliphatic carbocycles. The molecule has 16 heavy (non-hydrogen) atoms. The fraction of sp³-hybridized carbons (Fsp3) is 0.900. The molecule has 6 heteroatoms. The molecule has 0 radical (unpaired) electrons. The molecule has 0 aliphatic rings. The fourth-order valence-electron chi connectivity index (χ4n) is 1.19. The number of aliphatic carboxylic acids is 1. The fourth-order valence-corrected chi connectivity index (χ4v) is 1.19. The standard InChI is InChI=1S/C10H17F3O3/c1-3-9(2,8(14)15)5-4-6-16-7-10(11,12)13/h3-7H2,1-2H3,(H,14,15). The zero-order chi connectivity index (χ0) is 12.8. The van der Waals surface area contributed by atoms with Crippen LogP contribution < -0.4 is 0 Å². The van der Waals surface area contributed by atoms with Gasteiger partial charge in [-0.3, -0.25) is 4.79 Å². The highest BCUT2D eigenvalue weighted by molar-refractivity contribution is 5.73. The summed E-state index contributed by atoms with van der Waals surface area (Å²) >= 11 is 0. The molecule has 0 bridgehead atoms. The molecule has 1 N–H and O–H groups in total. The van der Waals surface area contributed by atoms with Crippen LogP contribution in [0.15, 0.2) is 0 Å². The first-order valence-electron chi connectivity index (χ1n) is 5.09. The van der Waals surface area contributed by atoms with Gasteiger partial charge < -0.3 is 9.84 Å². The van der Waals surface area contributed by atoms with Crippen LogP contribution in [-0.4, -0.2) is 30.5 Å². The van der Waals surface area contributed by atoms with Gasteiger partial charge in [-0.25, -0.2) is 0 Å². The van der Waals surface area contributed by atoms with Crippen LogP contribution in [-0.2, 0) is 9.53 Å². The minimum absolute atomic E-state index is 0.0671. The summed E-state index contributed by atoms with van der Waals surface area (Å²) in [4.78, 5) is 10.9.